The highest BCUT2D eigenvalue weighted by Gasteiger charge is 2.48. The Morgan fingerprint density at radius 1 is 0.907 bits per heavy atom. The zero-order valence-electron chi connectivity index (χ0n) is 31.3. The van der Waals surface area contributed by atoms with Gasteiger partial charge in [0.05, 0.1) is 17.4 Å². The molecule has 1 aliphatic heterocycles. The van der Waals surface area contributed by atoms with Gasteiger partial charge in [-0.1, -0.05) is 47.6 Å². The molecule has 1 fully saturated rings. The number of ether oxygens (including phenoxy) is 3. The van der Waals surface area contributed by atoms with Crippen LogP contribution in [0.2, 0.25) is 0 Å². The number of nitrogens with two attached hydrogens (primary N) is 1. The second-order valence-corrected chi connectivity index (χ2v) is 15.3. The lowest BCUT2D eigenvalue weighted by atomic mass is 9.98. The summed E-state index contributed by atoms with van der Waals surface area (Å²) in [6, 6.07) is -0.0695. The molecule has 306 valence electrons. The molecule has 0 radical (unpaired) electrons. The molecular weight excluding hydrogens is 736 g/mol. The molecule has 11 N–H and O–H groups in total. The van der Waals surface area contributed by atoms with Gasteiger partial charge in [0.2, 0.25) is 24.0 Å². The third-order valence-corrected chi connectivity index (χ3v) is 8.65. The van der Waals surface area contributed by atoms with Crippen LogP contribution in [0, 0.1) is 11.8 Å². The molecule has 20 nitrogen and oxygen atoms in total. The number of hydrogen-bond acceptors (Lipinski definition) is 15. The van der Waals surface area contributed by atoms with Crippen molar-refractivity contribution in [1.82, 2.24) is 21.3 Å². The van der Waals surface area contributed by atoms with Gasteiger partial charge in [-0.15, -0.1) is 0 Å². The van der Waals surface area contributed by atoms with Gasteiger partial charge in [-0.05, 0) is 30.5 Å². The standard InChI is InChI=1S/C33H54N6O14S/c1-15(2)23(39-29(44)21(36-17(5)6)14-54(48,49)50)30(45)37-18(7)28(43)38-20-9-8-19(13-51-32(47)16(3)4)12-22(20)52-33-26(42)24(40)25(41)27(53-33)31(46)35-11-10-34/h8-9,12,15-18,21,23-27,33,36,40-42H,10-11,13-14,34H2,1-7H3,(H,35,46)(H,37,45)(H,38,43)(H,39,44)(H,48,49,50)/t18-,21-,23-,24-,25-,26+,27-,33+/m0/s1. The van der Waals surface area contributed by atoms with Crippen LogP contribution in [0.3, 0.4) is 0 Å². The Balaban J connectivity index is 2.33. The number of esters is 1. The summed E-state index contributed by atoms with van der Waals surface area (Å²) in [5, 5.41) is 44.3. The van der Waals surface area contributed by atoms with Crippen LogP contribution < -0.4 is 37.1 Å². The number of benzene rings is 1. The predicted molar refractivity (Wildman–Crippen MR) is 192 cm³/mol. The Bertz CT molecular complexity index is 1580. The van der Waals surface area contributed by atoms with E-state index in [1.54, 1.807) is 41.5 Å². The summed E-state index contributed by atoms with van der Waals surface area (Å²) in [5.74, 6) is -5.93. The number of carbonyl (C=O) groups is 5. The largest absolute Gasteiger partial charge is 0.461 e. The summed E-state index contributed by atoms with van der Waals surface area (Å²) in [7, 11) is -4.57. The number of anilines is 1. The van der Waals surface area contributed by atoms with E-state index in [-0.39, 0.29) is 37.2 Å². The number of rotatable bonds is 19. The monoisotopic (exact) mass is 790 g/mol. The van der Waals surface area contributed by atoms with Crippen molar-refractivity contribution in [3.63, 3.8) is 0 Å². The first-order valence-electron chi connectivity index (χ1n) is 17.3. The van der Waals surface area contributed by atoms with Crippen molar-refractivity contribution in [1.29, 1.82) is 0 Å². The number of amides is 4. The Morgan fingerprint density at radius 3 is 2.11 bits per heavy atom. The van der Waals surface area contributed by atoms with Gasteiger partial charge < -0.3 is 61.8 Å². The highest BCUT2D eigenvalue weighted by Crippen LogP contribution is 2.31. The van der Waals surface area contributed by atoms with Crippen molar-refractivity contribution >= 4 is 45.4 Å². The minimum absolute atomic E-state index is 0.0197. The number of aliphatic hydroxyl groups is 3. The van der Waals surface area contributed by atoms with E-state index in [4.69, 9.17) is 19.9 Å². The summed E-state index contributed by atoms with van der Waals surface area (Å²) >= 11 is 0. The SMILES string of the molecule is CC(C)N[C@@H](CS(=O)(=O)O)C(=O)N[C@H](C(=O)N[C@@H](C)C(=O)Nc1ccc(COC(=O)C(C)C)cc1O[C@@H]1O[C@H](C(=O)NCCN)[C@@H](O)[C@H](O)[C@H]1O)C(C)C. The Kier molecular flexibility index (Phi) is 17.7. The lowest BCUT2D eigenvalue weighted by Gasteiger charge is -2.39. The maximum absolute atomic E-state index is 13.4. The molecule has 1 aromatic rings. The molecular formula is C33H54N6O14S. The summed E-state index contributed by atoms with van der Waals surface area (Å²) in [5.41, 5.74) is 5.73. The lowest BCUT2D eigenvalue weighted by Crippen LogP contribution is -2.63. The highest BCUT2D eigenvalue weighted by atomic mass is 32.2. The Hall–Kier alpha value is -3.96. The van der Waals surface area contributed by atoms with Crippen LogP contribution in [0.4, 0.5) is 5.69 Å². The van der Waals surface area contributed by atoms with Crippen LogP contribution >= 0.6 is 0 Å². The van der Waals surface area contributed by atoms with Crippen molar-refractivity contribution < 1.29 is 66.5 Å². The molecule has 54 heavy (non-hydrogen) atoms. The molecule has 0 unspecified atom stereocenters. The van der Waals surface area contributed by atoms with Crippen molar-refractivity contribution in [2.24, 2.45) is 17.6 Å². The number of aliphatic hydroxyl groups excluding tert-OH is 3. The van der Waals surface area contributed by atoms with Gasteiger partial charge in [-0.2, -0.15) is 8.42 Å². The molecule has 0 aromatic heterocycles. The first-order valence-corrected chi connectivity index (χ1v) is 18.9. The third kappa shape index (κ3) is 14.0. The highest BCUT2D eigenvalue weighted by molar-refractivity contribution is 7.85. The van der Waals surface area contributed by atoms with Gasteiger partial charge in [-0.25, -0.2) is 0 Å². The van der Waals surface area contributed by atoms with Crippen molar-refractivity contribution in [2.45, 2.75) is 110 Å². The maximum atomic E-state index is 13.4. The Morgan fingerprint density at radius 2 is 1.56 bits per heavy atom. The molecule has 4 amide bonds. The fourth-order valence-electron chi connectivity index (χ4n) is 4.97. The molecule has 2 rings (SSSR count). The third-order valence-electron chi connectivity index (χ3n) is 7.90. The van der Waals surface area contributed by atoms with E-state index < -0.39 is 106 Å². The summed E-state index contributed by atoms with van der Waals surface area (Å²) in [6.45, 7) is 11.0. The average Bonchev–Trinajstić information content (AvgIpc) is 3.07. The minimum Gasteiger partial charge on any atom is -0.461 e. The van der Waals surface area contributed by atoms with Crippen molar-refractivity contribution in [3.05, 3.63) is 23.8 Å². The first-order chi connectivity index (χ1) is 25.1. The van der Waals surface area contributed by atoms with E-state index in [9.17, 15) is 52.3 Å². The van der Waals surface area contributed by atoms with Gasteiger partial charge in [0, 0.05) is 19.1 Å². The molecule has 1 aromatic carbocycles. The molecule has 8 atom stereocenters. The topological polar surface area (TPSA) is 314 Å². The second-order valence-electron chi connectivity index (χ2n) is 13.8. The predicted octanol–water partition coefficient (Wildman–Crippen LogP) is -2.51. The van der Waals surface area contributed by atoms with Crippen molar-refractivity contribution in [2.75, 3.05) is 24.2 Å². The van der Waals surface area contributed by atoms with E-state index in [1.807, 2.05) is 0 Å². The average molecular weight is 791 g/mol. The fraction of sp³-hybridized carbons (Fsp3) is 0.667. The molecule has 21 heteroatoms. The van der Waals surface area contributed by atoms with Gasteiger partial charge in [-0.3, -0.25) is 28.5 Å². The van der Waals surface area contributed by atoms with Crippen LogP contribution in [-0.4, -0.2) is 132 Å². The van der Waals surface area contributed by atoms with Gasteiger partial charge in [0.25, 0.3) is 16.0 Å². The molecule has 1 aliphatic rings. The van der Waals surface area contributed by atoms with E-state index in [0.717, 1.165) is 0 Å². The number of hydrogen-bond donors (Lipinski definition) is 10. The summed E-state index contributed by atoms with van der Waals surface area (Å²) in [4.78, 5) is 64.5. The number of nitrogens with one attached hydrogen (secondary N) is 5. The van der Waals surface area contributed by atoms with Crippen LogP contribution in [0.1, 0.15) is 54.0 Å². The quantitative estimate of drug-likeness (QED) is 0.0511. The summed E-state index contributed by atoms with van der Waals surface area (Å²) < 4.78 is 49.1. The van der Waals surface area contributed by atoms with Gasteiger partial charge in [0.1, 0.15) is 48.8 Å². The number of carbonyl (C=O) groups excluding carboxylic acids is 5. The molecule has 0 bridgehead atoms. The van der Waals surface area contributed by atoms with Gasteiger partial charge >= 0.3 is 5.97 Å². The summed E-state index contributed by atoms with van der Waals surface area (Å²) in [6.07, 6.45) is -9.10. The van der Waals surface area contributed by atoms with Gasteiger partial charge in [0.15, 0.2) is 6.10 Å². The lowest BCUT2D eigenvalue weighted by molar-refractivity contribution is -0.266. The van der Waals surface area contributed by atoms with Crippen molar-refractivity contribution in [3.8, 4) is 5.75 Å². The minimum atomic E-state index is -4.57. The van der Waals surface area contributed by atoms with Crippen LogP contribution in [0.5, 0.6) is 5.75 Å². The van der Waals surface area contributed by atoms with E-state index >= 15 is 0 Å². The fourth-order valence-corrected chi connectivity index (χ4v) is 5.64. The van der Waals surface area contributed by atoms with E-state index in [2.05, 4.69) is 26.6 Å². The molecule has 1 saturated heterocycles. The zero-order chi connectivity index (χ0) is 41.1. The van der Waals surface area contributed by atoms with Crippen LogP contribution in [0.25, 0.3) is 0 Å². The molecule has 0 aliphatic carbocycles. The van der Waals surface area contributed by atoms with Crippen LogP contribution in [0.15, 0.2) is 18.2 Å². The van der Waals surface area contributed by atoms with E-state index in [0.29, 0.717) is 5.56 Å². The Labute approximate surface area is 314 Å². The first kappa shape index (κ1) is 46.2. The molecule has 0 saturated carbocycles. The maximum Gasteiger partial charge on any atom is 0.308 e. The zero-order valence-corrected chi connectivity index (χ0v) is 32.1. The molecule has 0 spiro atoms. The molecule has 1 heterocycles. The normalized spacial score (nSPS) is 21.9. The van der Waals surface area contributed by atoms with Crippen LogP contribution in [-0.2, 0) is 50.2 Å². The smallest absolute Gasteiger partial charge is 0.308 e. The second kappa shape index (κ2) is 20.6. The van der Waals surface area contributed by atoms with E-state index in [1.165, 1.54) is 25.1 Å².